The molecule has 0 atom stereocenters. The number of benzene rings is 2. The molecule has 25 heavy (non-hydrogen) atoms. The van der Waals surface area contributed by atoms with E-state index in [1.54, 1.807) is 31.4 Å². The van der Waals surface area contributed by atoms with Gasteiger partial charge in [0.05, 0.1) is 18.5 Å². The van der Waals surface area contributed by atoms with Crippen LogP contribution >= 0.6 is 0 Å². The topological polar surface area (TPSA) is 83.0 Å². The predicted octanol–water partition coefficient (Wildman–Crippen LogP) is 2.95. The number of aromatic hydroxyl groups is 1. The van der Waals surface area contributed by atoms with Gasteiger partial charge in [0, 0.05) is 23.5 Å². The van der Waals surface area contributed by atoms with Gasteiger partial charge in [-0.2, -0.15) is 0 Å². The first-order valence-electron chi connectivity index (χ1n) is 7.89. The van der Waals surface area contributed by atoms with E-state index in [1.165, 1.54) is 4.57 Å². The number of nitrogens with one attached hydrogen (secondary N) is 2. The maximum Gasteiger partial charge on any atom is 0.333 e. The largest absolute Gasteiger partial charge is 0.497 e. The summed E-state index contributed by atoms with van der Waals surface area (Å²) >= 11 is 0. The lowest BCUT2D eigenvalue weighted by Gasteiger charge is -2.05. The number of aromatic nitrogens is 3. The van der Waals surface area contributed by atoms with Gasteiger partial charge >= 0.3 is 5.69 Å². The molecule has 2 aromatic heterocycles. The van der Waals surface area contributed by atoms with Crippen LogP contribution in [0.25, 0.3) is 16.6 Å². The molecule has 0 radical (unpaired) electrons. The highest BCUT2D eigenvalue weighted by Crippen LogP contribution is 2.25. The van der Waals surface area contributed by atoms with E-state index in [1.807, 2.05) is 30.5 Å². The van der Waals surface area contributed by atoms with Crippen LogP contribution in [0, 0.1) is 0 Å². The zero-order valence-corrected chi connectivity index (χ0v) is 13.6. The molecule has 0 unspecified atom stereocenters. The molecule has 0 aliphatic rings. The second-order valence-electron chi connectivity index (χ2n) is 5.80. The number of H-pyrrole nitrogens is 2. The van der Waals surface area contributed by atoms with Crippen molar-refractivity contribution >= 4 is 10.9 Å². The number of fused-ring (bicyclic) bond motifs is 1. The van der Waals surface area contributed by atoms with E-state index in [4.69, 9.17) is 4.74 Å². The van der Waals surface area contributed by atoms with E-state index in [0.29, 0.717) is 23.6 Å². The first-order chi connectivity index (χ1) is 12.2. The highest BCUT2D eigenvalue weighted by molar-refractivity contribution is 5.83. The summed E-state index contributed by atoms with van der Waals surface area (Å²) in [5, 5.41) is 11.6. The minimum absolute atomic E-state index is 0.0829. The predicted molar refractivity (Wildman–Crippen MR) is 95.7 cm³/mol. The molecular weight excluding hydrogens is 318 g/mol. The fourth-order valence-corrected chi connectivity index (χ4v) is 3.03. The first-order valence-corrected chi connectivity index (χ1v) is 7.89. The summed E-state index contributed by atoms with van der Waals surface area (Å²) < 4.78 is 6.37. The van der Waals surface area contributed by atoms with Gasteiger partial charge in [0.15, 0.2) is 0 Å². The lowest BCUT2D eigenvalue weighted by Crippen LogP contribution is -2.14. The van der Waals surface area contributed by atoms with Gasteiger partial charge < -0.3 is 19.8 Å². The molecular formula is C19H17N3O3. The summed E-state index contributed by atoms with van der Waals surface area (Å²) in [4.78, 5) is 18.3. The molecule has 6 nitrogen and oxygen atoms in total. The number of rotatable bonds is 4. The molecule has 0 saturated heterocycles. The number of aromatic amines is 2. The Balaban J connectivity index is 1.73. The van der Waals surface area contributed by atoms with Crippen LogP contribution in [0.15, 0.2) is 59.5 Å². The van der Waals surface area contributed by atoms with E-state index in [2.05, 4.69) is 9.97 Å². The molecule has 2 aromatic carbocycles. The Morgan fingerprint density at radius 1 is 1.12 bits per heavy atom. The molecule has 0 saturated carbocycles. The first kappa shape index (κ1) is 15.1. The van der Waals surface area contributed by atoms with Crippen molar-refractivity contribution in [3.63, 3.8) is 0 Å². The summed E-state index contributed by atoms with van der Waals surface area (Å²) in [7, 11) is 1.58. The van der Waals surface area contributed by atoms with Crippen LogP contribution < -0.4 is 10.4 Å². The molecule has 0 aliphatic heterocycles. The molecule has 0 aliphatic carbocycles. The molecule has 4 aromatic rings. The molecule has 3 N–H and O–H groups in total. The summed E-state index contributed by atoms with van der Waals surface area (Å²) in [6.07, 6.45) is 2.32. The average Bonchev–Trinajstić information content (AvgIpc) is 3.17. The maximum absolute atomic E-state index is 12.3. The van der Waals surface area contributed by atoms with Crippen LogP contribution in [-0.4, -0.2) is 26.8 Å². The number of ether oxygens (including phenoxy) is 1. The van der Waals surface area contributed by atoms with Crippen LogP contribution in [0.5, 0.6) is 11.6 Å². The number of nitrogens with zero attached hydrogens (tertiary/aromatic N) is 1. The Morgan fingerprint density at radius 3 is 2.64 bits per heavy atom. The van der Waals surface area contributed by atoms with Crippen molar-refractivity contribution in [2.45, 2.75) is 6.42 Å². The minimum Gasteiger partial charge on any atom is -0.497 e. The summed E-state index contributed by atoms with van der Waals surface area (Å²) in [6.45, 7) is 0. The summed E-state index contributed by atoms with van der Waals surface area (Å²) in [5.74, 6) is 0.603. The van der Waals surface area contributed by atoms with Crippen LogP contribution in [-0.2, 0) is 6.42 Å². The molecule has 6 heteroatoms. The molecule has 2 heterocycles. The zero-order valence-electron chi connectivity index (χ0n) is 13.6. The zero-order chi connectivity index (χ0) is 17.4. The highest BCUT2D eigenvalue weighted by atomic mass is 16.5. The second-order valence-corrected chi connectivity index (χ2v) is 5.80. The summed E-state index contributed by atoms with van der Waals surface area (Å²) in [6, 6.07) is 14.9. The fourth-order valence-electron chi connectivity index (χ4n) is 3.03. The molecule has 0 bridgehead atoms. The lowest BCUT2D eigenvalue weighted by molar-refractivity contribution is 0.414. The Hall–Kier alpha value is -3.41. The van der Waals surface area contributed by atoms with Gasteiger partial charge in [0.2, 0.25) is 5.88 Å². The van der Waals surface area contributed by atoms with Crippen LogP contribution in [0.4, 0.5) is 0 Å². The smallest absolute Gasteiger partial charge is 0.333 e. The van der Waals surface area contributed by atoms with E-state index in [-0.39, 0.29) is 11.6 Å². The number of hydrogen-bond acceptors (Lipinski definition) is 3. The van der Waals surface area contributed by atoms with Crippen molar-refractivity contribution in [3.05, 3.63) is 76.5 Å². The Labute approximate surface area is 143 Å². The van der Waals surface area contributed by atoms with Gasteiger partial charge in [-0.15, -0.1) is 0 Å². The van der Waals surface area contributed by atoms with Crippen LogP contribution in [0.1, 0.15) is 11.3 Å². The standard InChI is InChI=1S/C19H17N3O3/c1-25-14-8-6-13(7-9-14)22-18(23)17(21-19(22)24)10-12-11-20-16-5-3-2-4-15(12)16/h2-9,11,20,23H,10H2,1H3,(H,21,24). The number of para-hydroxylation sites is 1. The van der Waals surface area contributed by atoms with E-state index in [0.717, 1.165) is 16.5 Å². The number of methoxy groups -OCH3 is 1. The number of imidazole rings is 1. The maximum atomic E-state index is 12.3. The highest BCUT2D eigenvalue weighted by Gasteiger charge is 2.16. The van der Waals surface area contributed by atoms with Crippen LogP contribution in [0.3, 0.4) is 0 Å². The average molecular weight is 335 g/mol. The van der Waals surface area contributed by atoms with Crippen molar-refractivity contribution in [1.82, 2.24) is 14.5 Å². The van der Waals surface area contributed by atoms with Crippen molar-refractivity contribution in [2.24, 2.45) is 0 Å². The lowest BCUT2D eigenvalue weighted by atomic mass is 10.1. The van der Waals surface area contributed by atoms with Crippen molar-refractivity contribution in [2.75, 3.05) is 7.11 Å². The molecule has 126 valence electrons. The third-order valence-corrected chi connectivity index (χ3v) is 4.32. The fraction of sp³-hybridized carbons (Fsp3) is 0.105. The van der Waals surface area contributed by atoms with Gasteiger partial charge in [0.1, 0.15) is 5.75 Å². The Bertz CT molecular complexity index is 1090. The SMILES string of the molecule is COc1ccc(-n2c(O)c(Cc3c[nH]c4ccccc34)[nH]c2=O)cc1. The van der Waals surface area contributed by atoms with Gasteiger partial charge in [-0.05, 0) is 35.9 Å². The third-order valence-electron chi connectivity index (χ3n) is 4.32. The summed E-state index contributed by atoms with van der Waals surface area (Å²) in [5.41, 5.74) is 2.70. The van der Waals surface area contributed by atoms with E-state index >= 15 is 0 Å². The van der Waals surface area contributed by atoms with Crippen LogP contribution in [0.2, 0.25) is 0 Å². The normalized spacial score (nSPS) is 11.1. The third kappa shape index (κ3) is 2.57. The Morgan fingerprint density at radius 2 is 1.88 bits per heavy atom. The molecule has 0 spiro atoms. The molecule has 0 amide bonds. The van der Waals surface area contributed by atoms with Crippen molar-refractivity contribution in [1.29, 1.82) is 0 Å². The van der Waals surface area contributed by atoms with Crippen molar-refractivity contribution in [3.8, 4) is 17.3 Å². The Kier molecular flexibility index (Phi) is 3.57. The van der Waals surface area contributed by atoms with E-state index < -0.39 is 0 Å². The van der Waals surface area contributed by atoms with E-state index in [9.17, 15) is 9.90 Å². The van der Waals surface area contributed by atoms with Gasteiger partial charge in [-0.3, -0.25) is 0 Å². The van der Waals surface area contributed by atoms with Crippen molar-refractivity contribution < 1.29 is 9.84 Å². The monoisotopic (exact) mass is 335 g/mol. The molecule has 4 rings (SSSR count). The van der Waals surface area contributed by atoms with Gasteiger partial charge in [0.25, 0.3) is 0 Å². The molecule has 0 fully saturated rings. The minimum atomic E-state index is -0.377. The van der Waals surface area contributed by atoms with Gasteiger partial charge in [-0.25, -0.2) is 9.36 Å². The number of hydrogen-bond donors (Lipinski definition) is 3. The van der Waals surface area contributed by atoms with Gasteiger partial charge in [-0.1, -0.05) is 18.2 Å². The quantitative estimate of drug-likeness (QED) is 0.536. The second kappa shape index (κ2) is 5.90.